The minimum absolute atomic E-state index is 0.0116. The van der Waals surface area contributed by atoms with Crippen molar-refractivity contribution in [1.82, 2.24) is 14.8 Å². The van der Waals surface area contributed by atoms with Gasteiger partial charge in [0.05, 0.1) is 0 Å². The van der Waals surface area contributed by atoms with Crippen molar-refractivity contribution in [3.8, 4) is 0 Å². The average molecular weight is 286 g/mol. The zero-order chi connectivity index (χ0) is 14.2. The van der Waals surface area contributed by atoms with E-state index >= 15 is 0 Å². The van der Waals surface area contributed by atoms with Gasteiger partial charge in [0.25, 0.3) is 10.0 Å². The fourth-order valence-corrected chi connectivity index (χ4v) is 2.62. The number of furan rings is 1. The molecule has 2 rings (SSSR count). The van der Waals surface area contributed by atoms with Crippen LogP contribution in [-0.4, -0.2) is 34.3 Å². The van der Waals surface area contributed by atoms with Crippen molar-refractivity contribution in [3.05, 3.63) is 23.9 Å². The summed E-state index contributed by atoms with van der Waals surface area (Å²) in [5.41, 5.74) is 0. The summed E-state index contributed by atoms with van der Waals surface area (Å²) in [4.78, 5) is 14.2. The van der Waals surface area contributed by atoms with Gasteiger partial charge in [0.1, 0.15) is 17.0 Å². The SMILES string of the molecule is Cc1oc(C(=O)O)cc1S(=O)(=O)Nc1ncnn1C. The van der Waals surface area contributed by atoms with Gasteiger partial charge in [-0.25, -0.2) is 22.6 Å². The number of nitrogens with one attached hydrogen (secondary N) is 1. The number of aromatic nitrogens is 3. The number of sulfonamides is 1. The predicted molar refractivity (Wildman–Crippen MR) is 62.2 cm³/mol. The molecule has 0 aliphatic heterocycles. The Morgan fingerprint density at radius 3 is 2.68 bits per heavy atom. The summed E-state index contributed by atoms with van der Waals surface area (Å²) < 4.78 is 32.4. The Kier molecular flexibility index (Phi) is 3.02. The Labute approximate surface area is 107 Å². The van der Waals surface area contributed by atoms with Crippen molar-refractivity contribution in [3.63, 3.8) is 0 Å². The van der Waals surface area contributed by atoms with Gasteiger partial charge in [-0.3, -0.25) is 0 Å². The van der Waals surface area contributed by atoms with E-state index in [1.165, 1.54) is 25.0 Å². The Bertz CT molecular complexity index is 730. The van der Waals surface area contributed by atoms with Crippen LogP contribution in [0.1, 0.15) is 16.3 Å². The molecule has 0 aromatic carbocycles. The molecule has 9 nitrogen and oxygen atoms in total. The molecule has 0 saturated heterocycles. The number of anilines is 1. The summed E-state index contributed by atoms with van der Waals surface area (Å²) in [5, 5.41) is 12.5. The Morgan fingerprint density at radius 1 is 1.53 bits per heavy atom. The van der Waals surface area contributed by atoms with Gasteiger partial charge in [0.15, 0.2) is 0 Å². The number of aromatic carboxylic acids is 1. The van der Waals surface area contributed by atoms with E-state index in [0.717, 1.165) is 6.07 Å². The highest BCUT2D eigenvalue weighted by atomic mass is 32.2. The molecule has 2 aromatic rings. The second-order valence-corrected chi connectivity index (χ2v) is 5.30. The van der Waals surface area contributed by atoms with Gasteiger partial charge in [-0.1, -0.05) is 0 Å². The number of carboxylic acid groups (broad SMARTS) is 1. The lowest BCUT2D eigenvalue weighted by Gasteiger charge is -2.04. The largest absolute Gasteiger partial charge is 0.475 e. The number of aryl methyl sites for hydroxylation is 2. The molecule has 0 fully saturated rings. The molecule has 0 radical (unpaired) electrons. The van der Waals surface area contributed by atoms with Crippen molar-refractivity contribution < 1.29 is 22.7 Å². The molecular formula is C9H10N4O5S. The van der Waals surface area contributed by atoms with Crippen LogP contribution in [0.25, 0.3) is 0 Å². The van der Waals surface area contributed by atoms with E-state index < -0.39 is 21.8 Å². The van der Waals surface area contributed by atoms with E-state index in [2.05, 4.69) is 14.8 Å². The van der Waals surface area contributed by atoms with Crippen molar-refractivity contribution in [2.45, 2.75) is 11.8 Å². The van der Waals surface area contributed by atoms with Gasteiger partial charge in [-0.15, -0.1) is 0 Å². The minimum Gasteiger partial charge on any atom is -0.475 e. The van der Waals surface area contributed by atoms with Crippen LogP contribution in [0.3, 0.4) is 0 Å². The van der Waals surface area contributed by atoms with Crippen LogP contribution in [0.15, 0.2) is 21.7 Å². The smallest absolute Gasteiger partial charge is 0.371 e. The van der Waals surface area contributed by atoms with Crippen LogP contribution in [0, 0.1) is 6.92 Å². The van der Waals surface area contributed by atoms with E-state index in [1.54, 1.807) is 0 Å². The number of nitrogens with zero attached hydrogens (tertiary/aromatic N) is 3. The molecule has 10 heteroatoms. The van der Waals surface area contributed by atoms with Gasteiger partial charge in [-0.05, 0) is 6.92 Å². The Balaban J connectivity index is 2.40. The number of carboxylic acids is 1. The van der Waals surface area contributed by atoms with Crippen molar-refractivity contribution in [2.24, 2.45) is 7.05 Å². The molecule has 0 amide bonds. The summed E-state index contributed by atoms with van der Waals surface area (Å²) in [6, 6.07) is 0.941. The topological polar surface area (TPSA) is 127 Å². The van der Waals surface area contributed by atoms with Crippen molar-refractivity contribution in [2.75, 3.05) is 4.72 Å². The third-order valence-electron chi connectivity index (χ3n) is 2.31. The zero-order valence-electron chi connectivity index (χ0n) is 9.98. The van der Waals surface area contributed by atoms with Crippen molar-refractivity contribution in [1.29, 1.82) is 0 Å². The number of hydrogen-bond donors (Lipinski definition) is 2. The second-order valence-electron chi connectivity index (χ2n) is 3.65. The highest BCUT2D eigenvalue weighted by Crippen LogP contribution is 2.21. The minimum atomic E-state index is -3.98. The summed E-state index contributed by atoms with van der Waals surface area (Å²) in [6.07, 6.45) is 1.18. The van der Waals surface area contributed by atoms with Gasteiger partial charge in [-0.2, -0.15) is 10.1 Å². The van der Waals surface area contributed by atoms with Crippen LogP contribution in [-0.2, 0) is 17.1 Å². The molecule has 19 heavy (non-hydrogen) atoms. The van der Waals surface area contributed by atoms with E-state index in [-0.39, 0.29) is 16.6 Å². The maximum absolute atomic E-state index is 12.1. The molecule has 0 atom stereocenters. The monoisotopic (exact) mass is 286 g/mol. The molecule has 0 spiro atoms. The number of rotatable bonds is 4. The first kappa shape index (κ1) is 13.1. The molecule has 102 valence electrons. The quantitative estimate of drug-likeness (QED) is 0.822. The number of carbonyl (C=O) groups is 1. The molecule has 0 saturated carbocycles. The first-order valence-electron chi connectivity index (χ1n) is 5.02. The van der Waals surface area contributed by atoms with E-state index in [1.807, 2.05) is 0 Å². The predicted octanol–water partition coefficient (Wildman–Crippen LogP) is 0.216. The second kappa shape index (κ2) is 4.39. The maximum atomic E-state index is 12.1. The van der Waals surface area contributed by atoms with Crippen LogP contribution < -0.4 is 4.72 Å². The summed E-state index contributed by atoms with van der Waals surface area (Å²) in [7, 11) is -2.47. The maximum Gasteiger partial charge on any atom is 0.371 e. The highest BCUT2D eigenvalue weighted by Gasteiger charge is 2.25. The normalized spacial score (nSPS) is 11.5. The van der Waals surface area contributed by atoms with Crippen LogP contribution in [0.4, 0.5) is 5.95 Å². The van der Waals surface area contributed by atoms with Crippen molar-refractivity contribution >= 4 is 21.9 Å². The van der Waals surface area contributed by atoms with Crippen LogP contribution in [0.2, 0.25) is 0 Å². The van der Waals surface area contributed by atoms with E-state index in [9.17, 15) is 13.2 Å². The van der Waals surface area contributed by atoms with Gasteiger partial charge in [0, 0.05) is 13.1 Å². The van der Waals surface area contributed by atoms with Gasteiger partial charge >= 0.3 is 5.97 Å². The third-order valence-corrected chi connectivity index (χ3v) is 3.75. The van der Waals surface area contributed by atoms with E-state index in [0.29, 0.717) is 0 Å². The summed E-state index contributed by atoms with van der Waals surface area (Å²) in [6.45, 7) is 1.36. The number of hydrogen-bond acceptors (Lipinski definition) is 6. The lowest BCUT2D eigenvalue weighted by Crippen LogP contribution is -2.16. The fourth-order valence-electron chi connectivity index (χ4n) is 1.40. The highest BCUT2D eigenvalue weighted by molar-refractivity contribution is 7.92. The molecule has 0 aliphatic rings. The molecule has 2 aromatic heterocycles. The molecule has 0 bridgehead atoms. The van der Waals surface area contributed by atoms with E-state index in [4.69, 9.17) is 9.52 Å². The molecule has 0 unspecified atom stereocenters. The first-order valence-corrected chi connectivity index (χ1v) is 6.50. The molecular weight excluding hydrogens is 276 g/mol. The van der Waals surface area contributed by atoms with Gasteiger partial charge in [0.2, 0.25) is 11.7 Å². The first-order chi connectivity index (χ1) is 8.81. The average Bonchev–Trinajstić information content (AvgIpc) is 2.86. The lowest BCUT2D eigenvalue weighted by atomic mass is 10.4. The molecule has 0 aliphatic carbocycles. The fraction of sp³-hybridized carbons (Fsp3) is 0.222. The summed E-state index contributed by atoms with van der Waals surface area (Å²) in [5.74, 6) is -1.80. The molecule has 2 heterocycles. The van der Waals surface area contributed by atoms with Crippen LogP contribution in [0.5, 0.6) is 0 Å². The summed E-state index contributed by atoms with van der Waals surface area (Å²) >= 11 is 0. The standard InChI is InChI=1S/C9H10N4O5S/c1-5-7(3-6(18-5)8(14)15)19(16,17)12-9-10-4-11-13(9)2/h3-4H,1-2H3,(H,14,15)(H,10,11,12). The lowest BCUT2D eigenvalue weighted by molar-refractivity contribution is 0.0661. The van der Waals surface area contributed by atoms with Gasteiger partial charge < -0.3 is 9.52 Å². The van der Waals surface area contributed by atoms with Crippen LogP contribution >= 0.6 is 0 Å². The Hall–Kier alpha value is -2.36. The zero-order valence-corrected chi connectivity index (χ0v) is 10.8. The molecule has 2 N–H and O–H groups in total. The Morgan fingerprint density at radius 2 is 2.21 bits per heavy atom. The third kappa shape index (κ3) is 2.42.